The van der Waals surface area contributed by atoms with E-state index in [1.165, 1.54) is 38.8 Å². The van der Waals surface area contributed by atoms with E-state index in [4.69, 9.17) is 5.73 Å². The van der Waals surface area contributed by atoms with Crippen LogP contribution in [0.3, 0.4) is 0 Å². The Morgan fingerprint density at radius 2 is 1.67 bits per heavy atom. The molecule has 2 rings (SSSR count). The van der Waals surface area contributed by atoms with E-state index in [1.807, 2.05) is 0 Å². The van der Waals surface area contributed by atoms with E-state index in [9.17, 15) is 0 Å². The van der Waals surface area contributed by atoms with E-state index >= 15 is 0 Å². The van der Waals surface area contributed by atoms with E-state index in [-0.39, 0.29) is 24.8 Å². The summed E-state index contributed by atoms with van der Waals surface area (Å²) < 4.78 is 0. The molecule has 2 aliphatic rings. The van der Waals surface area contributed by atoms with Crippen molar-refractivity contribution >= 4 is 24.8 Å². The average Bonchev–Trinajstić information content (AvgIpc) is 2.04. The summed E-state index contributed by atoms with van der Waals surface area (Å²) in [6, 6.07) is 0.523. The molecule has 74 valence electrons. The Kier molecular flexibility index (Phi) is 4.85. The molecule has 1 aliphatic carbocycles. The zero-order valence-corrected chi connectivity index (χ0v) is 8.85. The lowest BCUT2D eigenvalue weighted by Crippen LogP contribution is -2.55. The number of halogens is 2. The Hall–Kier alpha value is 0.500. The van der Waals surface area contributed by atoms with E-state index < -0.39 is 0 Å². The zero-order valence-electron chi connectivity index (χ0n) is 7.21. The van der Waals surface area contributed by atoms with Crippen LogP contribution >= 0.6 is 24.8 Å². The van der Waals surface area contributed by atoms with E-state index in [1.54, 1.807) is 0 Å². The largest absolute Gasteiger partial charge is 0.327 e. The molecule has 0 aromatic heterocycles. The van der Waals surface area contributed by atoms with Gasteiger partial charge in [0.25, 0.3) is 0 Å². The lowest BCUT2D eigenvalue weighted by atomic mass is 9.60. The number of hydrogen-bond donors (Lipinski definition) is 2. The molecule has 0 aromatic rings. The molecule has 0 unspecified atom stereocenters. The second kappa shape index (κ2) is 4.66. The lowest BCUT2D eigenvalue weighted by Gasteiger charge is -2.50. The fraction of sp³-hybridized carbons (Fsp3) is 1.00. The van der Waals surface area contributed by atoms with Crippen LogP contribution < -0.4 is 11.1 Å². The van der Waals surface area contributed by atoms with Crippen LogP contribution in [0.4, 0.5) is 0 Å². The maximum Gasteiger partial charge on any atom is 0.00967 e. The normalized spacial score (nSPS) is 31.2. The summed E-state index contributed by atoms with van der Waals surface area (Å²) in [5.74, 6) is 0. The second-order valence-corrected chi connectivity index (χ2v) is 3.76. The average molecular weight is 213 g/mol. The van der Waals surface area contributed by atoms with Crippen molar-refractivity contribution in [2.45, 2.75) is 31.7 Å². The number of hydrogen-bond acceptors (Lipinski definition) is 2. The van der Waals surface area contributed by atoms with Crippen molar-refractivity contribution in [3.05, 3.63) is 0 Å². The summed E-state index contributed by atoms with van der Waals surface area (Å²) in [4.78, 5) is 0. The fourth-order valence-corrected chi connectivity index (χ4v) is 2.26. The second-order valence-electron chi connectivity index (χ2n) is 3.76. The molecule has 1 heterocycles. The molecule has 0 amide bonds. The summed E-state index contributed by atoms with van der Waals surface area (Å²) >= 11 is 0. The van der Waals surface area contributed by atoms with E-state index in [0.29, 0.717) is 11.5 Å². The number of nitrogens with two attached hydrogens (primary N) is 1. The van der Waals surface area contributed by atoms with Crippen LogP contribution in [0.2, 0.25) is 0 Å². The maximum absolute atomic E-state index is 5.96. The molecule has 12 heavy (non-hydrogen) atoms. The Bertz CT molecular complexity index is 135. The topological polar surface area (TPSA) is 38.0 Å². The summed E-state index contributed by atoms with van der Waals surface area (Å²) in [6.45, 7) is 2.38. The highest BCUT2D eigenvalue weighted by molar-refractivity contribution is 5.85. The monoisotopic (exact) mass is 212 g/mol. The van der Waals surface area contributed by atoms with Gasteiger partial charge in [0.15, 0.2) is 0 Å². The highest BCUT2D eigenvalue weighted by atomic mass is 35.5. The third-order valence-electron chi connectivity index (χ3n) is 3.34. The zero-order chi connectivity index (χ0) is 7.03. The number of piperidine rings is 1. The predicted octanol–water partition coefficient (Wildman–Crippen LogP) is 1.32. The minimum atomic E-state index is 0. The molecule has 0 radical (unpaired) electrons. The lowest BCUT2D eigenvalue weighted by molar-refractivity contribution is 0.0536. The van der Waals surface area contributed by atoms with Gasteiger partial charge in [-0.25, -0.2) is 0 Å². The van der Waals surface area contributed by atoms with Crippen LogP contribution in [0.15, 0.2) is 0 Å². The molecule has 2 fully saturated rings. The van der Waals surface area contributed by atoms with Crippen LogP contribution in [-0.2, 0) is 0 Å². The Morgan fingerprint density at radius 3 is 1.92 bits per heavy atom. The molecule has 2 nitrogen and oxygen atoms in total. The Morgan fingerprint density at radius 1 is 1.08 bits per heavy atom. The molecular weight excluding hydrogens is 195 g/mol. The highest BCUT2D eigenvalue weighted by Crippen LogP contribution is 2.46. The van der Waals surface area contributed by atoms with Gasteiger partial charge < -0.3 is 11.1 Å². The van der Waals surface area contributed by atoms with Gasteiger partial charge in [-0.1, -0.05) is 0 Å². The first-order valence-corrected chi connectivity index (χ1v) is 4.30. The predicted molar refractivity (Wildman–Crippen MR) is 56.2 cm³/mol. The first kappa shape index (κ1) is 12.5. The molecule has 1 aliphatic heterocycles. The van der Waals surface area contributed by atoms with Gasteiger partial charge in [0.2, 0.25) is 0 Å². The van der Waals surface area contributed by atoms with Gasteiger partial charge in [-0.2, -0.15) is 0 Å². The molecule has 1 saturated carbocycles. The van der Waals surface area contributed by atoms with Crippen LogP contribution in [0, 0.1) is 5.41 Å². The highest BCUT2D eigenvalue weighted by Gasteiger charge is 2.44. The Balaban J connectivity index is 0.000000605. The quantitative estimate of drug-likeness (QED) is 0.636. The van der Waals surface area contributed by atoms with Crippen molar-refractivity contribution in [2.24, 2.45) is 11.1 Å². The SMILES string of the molecule is Cl.Cl.N[C@@H]1CCC12CCNCC2. The molecule has 0 bridgehead atoms. The minimum Gasteiger partial charge on any atom is -0.327 e. The first-order valence-electron chi connectivity index (χ1n) is 4.30. The van der Waals surface area contributed by atoms with Gasteiger partial charge in [0, 0.05) is 6.04 Å². The van der Waals surface area contributed by atoms with E-state index in [2.05, 4.69) is 5.32 Å². The van der Waals surface area contributed by atoms with Crippen LogP contribution in [0.25, 0.3) is 0 Å². The van der Waals surface area contributed by atoms with Crippen molar-refractivity contribution in [2.75, 3.05) is 13.1 Å². The van der Waals surface area contributed by atoms with Gasteiger partial charge >= 0.3 is 0 Å². The summed E-state index contributed by atoms with van der Waals surface area (Å²) in [6.07, 6.45) is 5.28. The van der Waals surface area contributed by atoms with Crippen molar-refractivity contribution < 1.29 is 0 Å². The molecule has 4 heteroatoms. The molecule has 0 aromatic carbocycles. The number of nitrogens with one attached hydrogen (secondary N) is 1. The van der Waals surface area contributed by atoms with Crippen molar-refractivity contribution in [1.82, 2.24) is 5.32 Å². The molecule has 1 spiro atoms. The van der Waals surface area contributed by atoms with Crippen molar-refractivity contribution in [1.29, 1.82) is 0 Å². The smallest absolute Gasteiger partial charge is 0.00967 e. The van der Waals surface area contributed by atoms with E-state index in [0.717, 1.165) is 0 Å². The molecule has 3 N–H and O–H groups in total. The van der Waals surface area contributed by atoms with Gasteiger partial charge in [-0.05, 0) is 44.2 Å². The number of rotatable bonds is 0. The molecule has 1 atom stereocenters. The first-order chi connectivity index (χ1) is 4.83. The van der Waals surface area contributed by atoms with Gasteiger partial charge in [-0.15, -0.1) is 24.8 Å². The third kappa shape index (κ3) is 1.87. The Labute approximate surface area is 86.5 Å². The van der Waals surface area contributed by atoms with Crippen molar-refractivity contribution in [3.8, 4) is 0 Å². The van der Waals surface area contributed by atoms with Crippen LogP contribution in [-0.4, -0.2) is 19.1 Å². The standard InChI is InChI=1S/C8H16N2.2ClH/c9-7-1-2-8(7)3-5-10-6-4-8;;/h7,10H,1-6,9H2;2*1H/t7-;;/m1../s1. The van der Waals surface area contributed by atoms with Crippen molar-refractivity contribution in [3.63, 3.8) is 0 Å². The van der Waals surface area contributed by atoms with Gasteiger partial charge in [0.05, 0.1) is 0 Å². The van der Waals surface area contributed by atoms with Crippen LogP contribution in [0.1, 0.15) is 25.7 Å². The minimum absolute atomic E-state index is 0. The summed E-state index contributed by atoms with van der Waals surface area (Å²) in [5.41, 5.74) is 6.54. The fourth-order valence-electron chi connectivity index (χ4n) is 2.26. The van der Waals surface area contributed by atoms with Gasteiger partial charge in [0.1, 0.15) is 0 Å². The molecule has 1 saturated heterocycles. The third-order valence-corrected chi connectivity index (χ3v) is 3.34. The summed E-state index contributed by atoms with van der Waals surface area (Å²) in [7, 11) is 0. The van der Waals surface area contributed by atoms with Crippen LogP contribution in [0.5, 0.6) is 0 Å². The molecular formula is C8H18Cl2N2. The van der Waals surface area contributed by atoms with Gasteiger partial charge in [-0.3, -0.25) is 0 Å². The maximum atomic E-state index is 5.96. The summed E-state index contributed by atoms with van der Waals surface area (Å²) in [5, 5.41) is 3.37.